The summed E-state index contributed by atoms with van der Waals surface area (Å²) in [5.74, 6) is 0.732. The molecule has 1 aromatic rings. The highest BCUT2D eigenvalue weighted by Crippen LogP contribution is 2.29. The van der Waals surface area contributed by atoms with Crippen LogP contribution in [0.15, 0.2) is 27.1 Å². The molecule has 20 heavy (non-hydrogen) atoms. The molecule has 1 amide bonds. The van der Waals surface area contributed by atoms with E-state index >= 15 is 0 Å². The third-order valence-electron chi connectivity index (χ3n) is 3.36. The number of benzene rings is 1. The number of hydrogen-bond donors (Lipinski definition) is 0. The zero-order chi connectivity index (χ0) is 14.7. The highest BCUT2D eigenvalue weighted by atomic mass is 79.9. The van der Waals surface area contributed by atoms with Gasteiger partial charge in [-0.25, -0.2) is 0 Å². The summed E-state index contributed by atoms with van der Waals surface area (Å²) in [5, 5.41) is 0. The number of rotatable bonds is 3. The monoisotopic (exact) mass is 404 g/mol. The molecule has 1 aliphatic rings. The number of amides is 1. The van der Waals surface area contributed by atoms with Crippen molar-refractivity contribution < 1.29 is 9.53 Å². The van der Waals surface area contributed by atoms with Crippen molar-refractivity contribution in [2.24, 2.45) is 0 Å². The molecule has 0 aliphatic carbocycles. The Morgan fingerprint density at radius 1 is 1.25 bits per heavy atom. The van der Waals surface area contributed by atoms with Crippen LogP contribution in [0.1, 0.15) is 6.92 Å². The molecule has 1 saturated heterocycles. The van der Waals surface area contributed by atoms with E-state index in [1.54, 1.807) is 6.92 Å². The van der Waals surface area contributed by atoms with E-state index in [0.29, 0.717) is 5.75 Å². The second-order valence-corrected chi connectivity index (χ2v) is 6.73. The van der Waals surface area contributed by atoms with Crippen molar-refractivity contribution in [3.63, 3.8) is 0 Å². The van der Waals surface area contributed by atoms with Crippen molar-refractivity contribution in [1.82, 2.24) is 9.80 Å². The molecule has 0 spiro atoms. The number of hydrogen-bond acceptors (Lipinski definition) is 3. The average Bonchev–Trinajstić information content (AvgIpc) is 2.42. The van der Waals surface area contributed by atoms with Crippen LogP contribution in [0.5, 0.6) is 5.75 Å². The van der Waals surface area contributed by atoms with Gasteiger partial charge >= 0.3 is 0 Å². The van der Waals surface area contributed by atoms with Crippen LogP contribution in [0.4, 0.5) is 0 Å². The third kappa shape index (κ3) is 3.96. The topological polar surface area (TPSA) is 32.8 Å². The van der Waals surface area contributed by atoms with Crippen molar-refractivity contribution in [3.05, 3.63) is 27.1 Å². The molecule has 0 aromatic heterocycles. The summed E-state index contributed by atoms with van der Waals surface area (Å²) in [4.78, 5) is 16.4. The normalized spacial score (nSPS) is 17.9. The van der Waals surface area contributed by atoms with Gasteiger partial charge in [0.25, 0.3) is 5.91 Å². The lowest BCUT2D eigenvalue weighted by Crippen LogP contribution is -2.50. The van der Waals surface area contributed by atoms with Crippen LogP contribution in [-0.2, 0) is 4.79 Å². The van der Waals surface area contributed by atoms with Gasteiger partial charge < -0.3 is 14.5 Å². The van der Waals surface area contributed by atoms with Gasteiger partial charge in [-0.2, -0.15) is 0 Å². The highest BCUT2D eigenvalue weighted by Gasteiger charge is 2.25. The van der Waals surface area contributed by atoms with E-state index in [1.165, 1.54) is 0 Å². The van der Waals surface area contributed by atoms with Gasteiger partial charge in [0.1, 0.15) is 5.75 Å². The van der Waals surface area contributed by atoms with Gasteiger partial charge in [-0.05, 0) is 48.1 Å². The molecule has 4 nitrogen and oxygen atoms in total. The number of piperazine rings is 1. The van der Waals surface area contributed by atoms with Crippen molar-refractivity contribution >= 4 is 37.8 Å². The van der Waals surface area contributed by atoms with E-state index in [0.717, 1.165) is 35.1 Å². The Kier molecular flexibility index (Phi) is 5.46. The van der Waals surface area contributed by atoms with Gasteiger partial charge in [-0.1, -0.05) is 15.9 Å². The van der Waals surface area contributed by atoms with Gasteiger partial charge in [0.05, 0.1) is 4.47 Å². The minimum Gasteiger partial charge on any atom is -0.480 e. The molecule has 1 aromatic carbocycles. The Labute approximate surface area is 136 Å². The lowest BCUT2D eigenvalue weighted by atomic mass is 10.2. The maximum atomic E-state index is 12.3. The Morgan fingerprint density at radius 2 is 1.90 bits per heavy atom. The fraction of sp³-hybridized carbons (Fsp3) is 0.500. The zero-order valence-corrected chi connectivity index (χ0v) is 14.8. The molecule has 6 heteroatoms. The average molecular weight is 406 g/mol. The molecule has 1 heterocycles. The zero-order valence-electron chi connectivity index (χ0n) is 11.6. The Morgan fingerprint density at radius 3 is 2.50 bits per heavy atom. The minimum absolute atomic E-state index is 0.0490. The molecule has 1 aliphatic heterocycles. The third-order valence-corrected chi connectivity index (χ3v) is 4.47. The number of ether oxygens (including phenoxy) is 1. The van der Waals surface area contributed by atoms with Gasteiger partial charge in [0.15, 0.2) is 6.10 Å². The summed E-state index contributed by atoms with van der Waals surface area (Å²) in [6.07, 6.45) is -0.476. The predicted molar refractivity (Wildman–Crippen MR) is 86.0 cm³/mol. The SMILES string of the molecule is C[C@H](Oc1ccc(Br)cc1Br)C(=O)N1CCN(C)CC1. The van der Waals surface area contributed by atoms with Crippen LogP contribution >= 0.6 is 31.9 Å². The standard InChI is InChI=1S/C14H18Br2N2O2/c1-10(14(19)18-7-5-17(2)6-8-18)20-13-4-3-11(15)9-12(13)16/h3-4,9-10H,5-8H2,1-2H3/t10-/m0/s1. The van der Waals surface area contributed by atoms with Crippen LogP contribution in [0.2, 0.25) is 0 Å². The fourth-order valence-electron chi connectivity index (χ4n) is 2.10. The first-order valence-electron chi connectivity index (χ1n) is 6.56. The van der Waals surface area contributed by atoms with Crippen molar-refractivity contribution in [2.45, 2.75) is 13.0 Å². The first kappa shape index (κ1) is 15.8. The van der Waals surface area contributed by atoms with Crippen LogP contribution < -0.4 is 4.74 Å². The fourth-order valence-corrected chi connectivity index (χ4v) is 3.24. The first-order chi connectivity index (χ1) is 9.47. The number of carbonyl (C=O) groups excluding carboxylic acids is 1. The van der Waals surface area contributed by atoms with Gasteiger partial charge in [-0.15, -0.1) is 0 Å². The van der Waals surface area contributed by atoms with Crippen molar-refractivity contribution in [2.75, 3.05) is 33.2 Å². The van der Waals surface area contributed by atoms with E-state index < -0.39 is 6.10 Å². The molecule has 0 saturated carbocycles. The van der Waals surface area contributed by atoms with E-state index in [1.807, 2.05) is 23.1 Å². The molecule has 1 atom stereocenters. The number of carbonyl (C=O) groups is 1. The van der Waals surface area contributed by atoms with Gasteiger partial charge in [0, 0.05) is 30.7 Å². The molecule has 0 radical (unpaired) electrons. The molecule has 0 N–H and O–H groups in total. The largest absolute Gasteiger partial charge is 0.480 e. The molecular weight excluding hydrogens is 388 g/mol. The van der Waals surface area contributed by atoms with Gasteiger partial charge in [-0.3, -0.25) is 4.79 Å². The Bertz CT molecular complexity index is 488. The summed E-state index contributed by atoms with van der Waals surface area (Å²) in [6.45, 7) is 5.17. The van der Waals surface area contributed by atoms with Crippen LogP contribution in [0.25, 0.3) is 0 Å². The predicted octanol–water partition coefficient (Wildman–Crippen LogP) is 2.75. The lowest BCUT2D eigenvalue weighted by Gasteiger charge is -2.33. The van der Waals surface area contributed by atoms with Crippen LogP contribution in [0, 0.1) is 0 Å². The molecular formula is C14H18Br2N2O2. The Hall–Kier alpha value is -0.590. The summed E-state index contributed by atoms with van der Waals surface area (Å²) >= 11 is 6.84. The Balaban J connectivity index is 1.97. The first-order valence-corrected chi connectivity index (χ1v) is 8.15. The molecule has 2 rings (SSSR count). The molecule has 110 valence electrons. The van der Waals surface area contributed by atoms with Crippen LogP contribution in [0.3, 0.4) is 0 Å². The quantitative estimate of drug-likeness (QED) is 0.775. The second-order valence-electron chi connectivity index (χ2n) is 4.96. The highest BCUT2D eigenvalue weighted by molar-refractivity contribution is 9.11. The number of likely N-dealkylation sites (N-methyl/N-ethyl adjacent to an activating group) is 1. The second kappa shape index (κ2) is 6.91. The maximum absolute atomic E-state index is 12.3. The van der Waals surface area contributed by atoms with Crippen molar-refractivity contribution in [3.8, 4) is 5.75 Å². The van der Waals surface area contributed by atoms with E-state index in [4.69, 9.17) is 4.74 Å². The molecule has 1 fully saturated rings. The summed E-state index contributed by atoms with van der Waals surface area (Å²) in [6, 6.07) is 5.65. The summed E-state index contributed by atoms with van der Waals surface area (Å²) < 4.78 is 7.57. The summed E-state index contributed by atoms with van der Waals surface area (Å²) in [5.41, 5.74) is 0. The minimum atomic E-state index is -0.476. The summed E-state index contributed by atoms with van der Waals surface area (Å²) in [7, 11) is 2.07. The van der Waals surface area contributed by atoms with E-state index in [9.17, 15) is 4.79 Å². The maximum Gasteiger partial charge on any atom is 0.263 e. The molecule has 0 bridgehead atoms. The number of halogens is 2. The van der Waals surface area contributed by atoms with Crippen molar-refractivity contribution in [1.29, 1.82) is 0 Å². The number of nitrogens with zero attached hydrogens (tertiary/aromatic N) is 2. The van der Waals surface area contributed by atoms with Crippen LogP contribution in [-0.4, -0.2) is 55.0 Å². The molecule has 0 unspecified atom stereocenters. The lowest BCUT2D eigenvalue weighted by molar-refractivity contribution is -0.139. The van der Waals surface area contributed by atoms with E-state index in [-0.39, 0.29) is 5.91 Å². The van der Waals surface area contributed by atoms with E-state index in [2.05, 4.69) is 43.8 Å². The van der Waals surface area contributed by atoms with Gasteiger partial charge in [0.2, 0.25) is 0 Å². The smallest absolute Gasteiger partial charge is 0.263 e.